The van der Waals surface area contributed by atoms with Gasteiger partial charge >= 0.3 is 0 Å². The minimum atomic E-state index is -0.318. The van der Waals surface area contributed by atoms with Gasteiger partial charge in [0.1, 0.15) is 0 Å². The van der Waals surface area contributed by atoms with Gasteiger partial charge in [-0.2, -0.15) is 0 Å². The quantitative estimate of drug-likeness (QED) is 0.718. The van der Waals surface area contributed by atoms with Crippen molar-refractivity contribution in [2.75, 3.05) is 5.32 Å². The van der Waals surface area contributed by atoms with Gasteiger partial charge in [0, 0.05) is 16.2 Å². The maximum absolute atomic E-state index is 12.6. The van der Waals surface area contributed by atoms with Gasteiger partial charge in [0.25, 0.3) is 0 Å². The van der Waals surface area contributed by atoms with E-state index in [1.807, 2.05) is 61.5 Å². The van der Waals surface area contributed by atoms with Gasteiger partial charge in [0.05, 0.1) is 11.6 Å². The summed E-state index contributed by atoms with van der Waals surface area (Å²) in [5.74, 6) is -0.368. The van der Waals surface area contributed by atoms with Gasteiger partial charge in [-0.05, 0) is 17.7 Å². The molecule has 1 amide bonds. The third-order valence-electron chi connectivity index (χ3n) is 3.64. The monoisotopic (exact) mass is 364 g/mol. The zero-order chi connectivity index (χ0) is 16.8. The van der Waals surface area contributed by atoms with Crippen molar-refractivity contribution < 1.29 is 4.79 Å². The zero-order valence-corrected chi connectivity index (χ0v) is 15.9. The highest BCUT2D eigenvalue weighted by molar-refractivity contribution is 8.00. The Bertz CT molecular complexity index is 649. The molecule has 0 fully saturated rings. The number of halogens is 1. The molecule has 0 heterocycles. The molecule has 0 saturated carbocycles. The largest absolute Gasteiger partial charge is 0.325 e. The highest BCUT2D eigenvalue weighted by Crippen LogP contribution is 2.31. The van der Waals surface area contributed by atoms with Gasteiger partial charge in [0.15, 0.2) is 0 Å². The number of hydrogen-bond donors (Lipinski definition) is 2. The van der Waals surface area contributed by atoms with E-state index in [2.05, 4.69) is 19.2 Å². The molecule has 0 aliphatic rings. The minimum absolute atomic E-state index is 0. The average molecular weight is 365 g/mol. The van der Waals surface area contributed by atoms with Crippen LogP contribution in [0.3, 0.4) is 0 Å². The predicted molar refractivity (Wildman–Crippen MR) is 106 cm³/mol. The highest BCUT2D eigenvalue weighted by atomic mass is 35.5. The van der Waals surface area contributed by atoms with E-state index in [-0.39, 0.29) is 30.3 Å². The number of carbonyl (C=O) groups excluding carboxylic acids is 1. The first kappa shape index (κ1) is 20.6. The lowest BCUT2D eigenvalue weighted by molar-refractivity contribution is -0.120. The molecule has 0 aliphatic carbocycles. The van der Waals surface area contributed by atoms with Crippen LogP contribution in [0.15, 0.2) is 59.5 Å². The maximum Gasteiger partial charge on any atom is 0.229 e. The highest BCUT2D eigenvalue weighted by Gasteiger charge is 2.22. The first-order chi connectivity index (χ1) is 11.0. The molecule has 24 heavy (non-hydrogen) atoms. The van der Waals surface area contributed by atoms with E-state index in [1.54, 1.807) is 11.8 Å². The molecular weight excluding hydrogens is 340 g/mol. The molecule has 2 aromatic carbocycles. The second-order valence-electron chi connectivity index (χ2n) is 5.88. The van der Waals surface area contributed by atoms with E-state index in [1.165, 1.54) is 0 Å². The Balaban J connectivity index is 0.00000288. The summed E-state index contributed by atoms with van der Waals surface area (Å²) in [4.78, 5) is 13.6. The fourth-order valence-electron chi connectivity index (χ4n) is 2.30. The molecule has 5 heteroatoms. The molecule has 130 valence electrons. The predicted octanol–water partition coefficient (Wildman–Crippen LogP) is 4.88. The third-order valence-corrected chi connectivity index (χ3v) is 4.73. The second-order valence-corrected chi connectivity index (χ2v) is 7.50. The molecule has 2 aromatic rings. The van der Waals surface area contributed by atoms with Crippen LogP contribution in [-0.4, -0.2) is 11.2 Å². The van der Waals surface area contributed by atoms with Gasteiger partial charge < -0.3 is 11.1 Å². The van der Waals surface area contributed by atoms with Gasteiger partial charge in [-0.15, -0.1) is 24.2 Å². The molecule has 2 unspecified atom stereocenters. The van der Waals surface area contributed by atoms with Crippen molar-refractivity contribution in [3.63, 3.8) is 0 Å². The summed E-state index contributed by atoms with van der Waals surface area (Å²) in [6.07, 6.45) is 0. The summed E-state index contributed by atoms with van der Waals surface area (Å²) in [5.41, 5.74) is 8.07. The van der Waals surface area contributed by atoms with Crippen LogP contribution >= 0.6 is 24.2 Å². The molecule has 3 N–H and O–H groups in total. The Morgan fingerprint density at radius 3 is 2.21 bits per heavy atom. The fraction of sp³-hybridized carbons (Fsp3) is 0.316. The first-order valence-corrected chi connectivity index (χ1v) is 8.74. The Labute approximate surface area is 154 Å². The van der Waals surface area contributed by atoms with Gasteiger partial charge in [-0.1, -0.05) is 63.2 Å². The molecule has 0 spiro atoms. The van der Waals surface area contributed by atoms with Crippen LogP contribution in [0.4, 0.5) is 5.69 Å². The number of nitrogens with one attached hydrogen (secondary N) is 1. The van der Waals surface area contributed by atoms with E-state index in [9.17, 15) is 4.79 Å². The van der Waals surface area contributed by atoms with Crippen molar-refractivity contribution in [1.29, 1.82) is 0 Å². The van der Waals surface area contributed by atoms with Crippen LogP contribution in [0.2, 0.25) is 0 Å². The molecule has 2 rings (SSSR count). The van der Waals surface area contributed by atoms with Crippen molar-refractivity contribution in [3.05, 3.63) is 60.2 Å². The van der Waals surface area contributed by atoms with E-state index in [0.717, 1.165) is 16.1 Å². The number of hydrogen-bond acceptors (Lipinski definition) is 3. The van der Waals surface area contributed by atoms with E-state index in [4.69, 9.17) is 5.73 Å². The summed E-state index contributed by atoms with van der Waals surface area (Å²) in [5, 5.41) is 3.48. The molecule has 0 aromatic heterocycles. The second kappa shape index (κ2) is 9.72. The molecule has 3 nitrogen and oxygen atoms in total. The summed E-state index contributed by atoms with van der Waals surface area (Å²) < 4.78 is 0. The summed E-state index contributed by atoms with van der Waals surface area (Å²) in [7, 11) is 0. The third kappa shape index (κ3) is 5.55. The normalized spacial score (nSPS) is 13.0. The van der Waals surface area contributed by atoms with Gasteiger partial charge in [-0.3, -0.25) is 4.79 Å². The number of benzene rings is 2. The van der Waals surface area contributed by atoms with E-state index >= 15 is 0 Å². The van der Waals surface area contributed by atoms with Crippen LogP contribution in [0.25, 0.3) is 0 Å². The van der Waals surface area contributed by atoms with Gasteiger partial charge in [0.2, 0.25) is 5.91 Å². The lowest BCUT2D eigenvalue weighted by Gasteiger charge is -2.21. The van der Waals surface area contributed by atoms with Crippen molar-refractivity contribution >= 4 is 35.8 Å². The number of thioether (sulfide) groups is 1. The van der Waals surface area contributed by atoms with E-state index in [0.29, 0.717) is 5.25 Å². The Hall–Kier alpha value is -1.49. The molecular formula is C19H25ClN2OS. The molecule has 0 radical (unpaired) electrons. The van der Waals surface area contributed by atoms with Crippen LogP contribution in [0.1, 0.15) is 32.4 Å². The number of para-hydroxylation sites is 1. The summed E-state index contributed by atoms with van der Waals surface area (Å²) in [6, 6.07) is 17.3. The average Bonchev–Trinajstić information content (AvgIpc) is 2.55. The molecule has 0 bridgehead atoms. The van der Waals surface area contributed by atoms with Gasteiger partial charge in [-0.25, -0.2) is 0 Å². The summed E-state index contributed by atoms with van der Waals surface area (Å²) in [6.45, 7) is 6.14. The zero-order valence-electron chi connectivity index (χ0n) is 14.2. The number of anilines is 1. The molecule has 0 saturated heterocycles. The standard InChI is InChI=1S/C19H24N2OS.ClH/c1-13(2)23-17-12-8-7-11-16(17)21-19(22)14(3)18(20)15-9-5-4-6-10-15;/h4-14,18H,20H2,1-3H3,(H,21,22);1H. The Morgan fingerprint density at radius 1 is 1.00 bits per heavy atom. The fourth-order valence-corrected chi connectivity index (χ4v) is 3.21. The Kier molecular flexibility index (Phi) is 8.32. The van der Waals surface area contributed by atoms with Crippen molar-refractivity contribution in [2.24, 2.45) is 11.7 Å². The van der Waals surface area contributed by atoms with Crippen molar-refractivity contribution in [1.82, 2.24) is 0 Å². The minimum Gasteiger partial charge on any atom is -0.325 e. The number of carbonyl (C=O) groups is 1. The lowest BCUT2D eigenvalue weighted by Crippen LogP contribution is -2.30. The van der Waals surface area contributed by atoms with Crippen LogP contribution in [0, 0.1) is 5.92 Å². The molecule has 0 aliphatic heterocycles. The SMILES string of the molecule is CC(C)Sc1ccccc1NC(=O)C(C)C(N)c1ccccc1.Cl. The smallest absolute Gasteiger partial charge is 0.229 e. The van der Waals surface area contributed by atoms with Crippen LogP contribution < -0.4 is 11.1 Å². The topological polar surface area (TPSA) is 55.1 Å². The molecule has 2 atom stereocenters. The first-order valence-electron chi connectivity index (χ1n) is 7.86. The number of nitrogens with two attached hydrogens (primary N) is 1. The van der Waals surface area contributed by atoms with Crippen LogP contribution in [-0.2, 0) is 4.79 Å². The number of rotatable bonds is 6. The Morgan fingerprint density at radius 2 is 1.58 bits per heavy atom. The lowest BCUT2D eigenvalue weighted by atomic mass is 9.94. The van der Waals surface area contributed by atoms with E-state index < -0.39 is 0 Å². The van der Waals surface area contributed by atoms with Crippen molar-refractivity contribution in [3.8, 4) is 0 Å². The number of amides is 1. The van der Waals surface area contributed by atoms with Crippen molar-refractivity contribution in [2.45, 2.75) is 37.0 Å². The maximum atomic E-state index is 12.6. The summed E-state index contributed by atoms with van der Waals surface area (Å²) >= 11 is 1.74. The van der Waals surface area contributed by atoms with Crippen LogP contribution in [0.5, 0.6) is 0 Å².